The van der Waals surface area contributed by atoms with Crippen LogP contribution in [-0.4, -0.2) is 27.5 Å². The summed E-state index contributed by atoms with van der Waals surface area (Å²) in [6.07, 6.45) is 0. The van der Waals surface area contributed by atoms with E-state index in [-0.39, 0.29) is 23.1 Å². The van der Waals surface area contributed by atoms with Gasteiger partial charge in [-0.3, -0.25) is 0 Å². The smallest absolute Gasteiger partial charge is 0.187 e. The summed E-state index contributed by atoms with van der Waals surface area (Å²) in [5, 5.41) is 10.6. The van der Waals surface area contributed by atoms with Crippen LogP contribution in [0.4, 0.5) is 0 Å². The van der Waals surface area contributed by atoms with Crippen molar-refractivity contribution in [1.29, 1.82) is 0 Å². The Kier molecular flexibility index (Phi) is 3.15. The molecular weight excluding hydrogens is 189 g/mol. The molecule has 0 fully saturated rings. The number of aryl methyl sites for hydroxylation is 2. The first kappa shape index (κ1) is 11.0. The molecular formula is C11H14AlNO. The fourth-order valence-electron chi connectivity index (χ4n) is 1.57. The maximum absolute atomic E-state index is 9.56. The maximum atomic E-state index is 9.56. The van der Waals surface area contributed by atoms with E-state index in [1.807, 2.05) is 32.0 Å². The second kappa shape index (κ2) is 4.00. The molecule has 0 aliphatic rings. The van der Waals surface area contributed by atoms with Crippen molar-refractivity contribution in [3.8, 4) is 5.75 Å². The van der Waals surface area contributed by atoms with Gasteiger partial charge in [-0.1, -0.05) is 12.1 Å². The van der Waals surface area contributed by atoms with Crippen LogP contribution in [-0.2, 0) is 0 Å². The molecule has 0 aliphatic carbocycles. The van der Waals surface area contributed by atoms with Gasteiger partial charge in [-0.05, 0) is 31.5 Å². The summed E-state index contributed by atoms with van der Waals surface area (Å²) in [6, 6.07) is 7.48. The highest BCUT2D eigenvalue weighted by Gasteiger charge is 2.03. The lowest BCUT2D eigenvalue weighted by Crippen LogP contribution is -1.87. The number of hydrogen-bond donors (Lipinski definition) is 1. The van der Waals surface area contributed by atoms with Crippen molar-refractivity contribution in [3.05, 3.63) is 35.5 Å². The first-order valence-electron chi connectivity index (χ1n) is 4.24. The van der Waals surface area contributed by atoms with Gasteiger partial charge in [0.05, 0.1) is 0 Å². The number of aromatic hydroxyl groups is 1. The Morgan fingerprint density at radius 2 is 1.93 bits per heavy atom. The standard InChI is InChI=1S/C11H11NO.Al.3H/c1-7-6-8(2)12-11-9(7)4-3-5-10(11)13;;;;/h3-6,13H,1-2H3;;;;. The molecule has 2 rings (SSSR count). The fraction of sp³-hybridized carbons (Fsp3) is 0.182. The third-order valence-corrected chi connectivity index (χ3v) is 2.15. The van der Waals surface area contributed by atoms with E-state index in [1.54, 1.807) is 6.07 Å². The topological polar surface area (TPSA) is 33.1 Å². The van der Waals surface area contributed by atoms with E-state index in [9.17, 15) is 5.11 Å². The Balaban J connectivity index is 0.000000980. The zero-order valence-corrected chi connectivity index (χ0v) is 7.70. The average Bonchev–Trinajstić information content (AvgIpc) is 2.07. The van der Waals surface area contributed by atoms with Crippen molar-refractivity contribution >= 4 is 28.3 Å². The van der Waals surface area contributed by atoms with Crippen LogP contribution in [0, 0.1) is 13.8 Å². The van der Waals surface area contributed by atoms with Gasteiger partial charge < -0.3 is 5.11 Å². The van der Waals surface area contributed by atoms with Crippen LogP contribution >= 0.6 is 0 Å². The number of benzene rings is 1. The average molecular weight is 203 g/mol. The molecule has 2 aromatic rings. The minimum absolute atomic E-state index is 0. The van der Waals surface area contributed by atoms with Gasteiger partial charge in [-0.2, -0.15) is 0 Å². The molecule has 1 aromatic carbocycles. The number of phenols is 1. The lowest BCUT2D eigenvalue weighted by Gasteiger charge is -2.04. The Labute approximate surface area is 93.7 Å². The van der Waals surface area contributed by atoms with Gasteiger partial charge in [-0.15, -0.1) is 0 Å². The Bertz CT molecular complexity index is 468. The summed E-state index contributed by atoms with van der Waals surface area (Å²) >= 11 is 0. The number of phenolic OH excluding ortho intramolecular Hbond substituents is 1. The molecule has 0 bridgehead atoms. The van der Waals surface area contributed by atoms with E-state index in [2.05, 4.69) is 4.98 Å². The minimum Gasteiger partial charge on any atom is -0.506 e. The van der Waals surface area contributed by atoms with Gasteiger partial charge in [-0.25, -0.2) is 4.98 Å². The van der Waals surface area contributed by atoms with Crippen LogP contribution in [0.15, 0.2) is 24.3 Å². The van der Waals surface area contributed by atoms with Crippen molar-refractivity contribution in [3.63, 3.8) is 0 Å². The minimum atomic E-state index is 0. The summed E-state index contributed by atoms with van der Waals surface area (Å²) in [7, 11) is 0. The van der Waals surface area contributed by atoms with Crippen LogP contribution in [0.1, 0.15) is 11.3 Å². The molecule has 0 atom stereocenters. The molecule has 0 spiro atoms. The maximum Gasteiger partial charge on any atom is 0.187 e. The number of nitrogens with zero attached hydrogens (tertiary/aromatic N) is 1. The van der Waals surface area contributed by atoms with E-state index in [0.717, 1.165) is 16.6 Å². The van der Waals surface area contributed by atoms with Gasteiger partial charge in [0, 0.05) is 11.1 Å². The number of hydrogen-bond acceptors (Lipinski definition) is 2. The molecule has 3 heteroatoms. The van der Waals surface area contributed by atoms with Crippen LogP contribution in [0.3, 0.4) is 0 Å². The predicted molar refractivity (Wildman–Crippen MR) is 62.8 cm³/mol. The van der Waals surface area contributed by atoms with Gasteiger partial charge in [0.1, 0.15) is 11.3 Å². The van der Waals surface area contributed by atoms with Crippen molar-refractivity contribution in [2.24, 2.45) is 0 Å². The molecule has 0 unspecified atom stereocenters. The van der Waals surface area contributed by atoms with E-state index in [4.69, 9.17) is 0 Å². The second-order valence-corrected chi connectivity index (χ2v) is 3.25. The molecule has 1 aromatic heterocycles. The largest absolute Gasteiger partial charge is 0.506 e. The van der Waals surface area contributed by atoms with Crippen molar-refractivity contribution in [2.75, 3.05) is 0 Å². The summed E-state index contributed by atoms with van der Waals surface area (Å²) in [4.78, 5) is 4.29. The van der Waals surface area contributed by atoms with Crippen LogP contribution < -0.4 is 0 Å². The second-order valence-electron chi connectivity index (χ2n) is 3.25. The number of para-hydroxylation sites is 1. The lowest BCUT2D eigenvalue weighted by molar-refractivity contribution is 0.480. The quantitative estimate of drug-likeness (QED) is 0.656. The van der Waals surface area contributed by atoms with Crippen LogP contribution in [0.5, 0.6) is 5.75 Å². The van der Waals surface area contributed by atoms with Gasteiger partial charge in [0.15, 0.2) is 17.4 Å². The monoisotopic (exact) mass is 203 g/mol. The number of fused-ring (bicyclic) bond motifs is 1. The Morgan fingerprint density at radius 3 is 2.64 bits per heavy atom. The van der Waals surface area contributed by atoms with E-state index < -0.39 is 0 Å². The van der Waals surface area contributed by atoms with E-state index in [1.165, 1.54) is 0 Å². The predicted octanol–water partition coefficient (Wildman–Crippen LogP) is 1.37. The summed E-state index contributed by atoms with van der Waals surface area (Å²) in [5.41, 5.74) is 2.78. The molecule has 2 nitrogen and oxygen atoms in total. The molecule has 0 aliphatic heterocycles. The van der Waals surface area contributed by atoms with Crippen molar-refractivity contribution in [2.45, 2.75) is 13.8 Å². The highest BCUT2D eigenvalue weighted by Crippen LogP contribution is 2.24. The summed E-state index contributed by atoms with van der Waals surface area (Å²) < 4.78 is 0. The van der Waals surface area contributed by atoms with Gasteiger partial charge in [0.25, 0.3) is 0 Å². The molecule has 0 saturated carbocycles. The third-order valence-electron chi connectivity index (χ3n) is 2.15. The lowest BCUT2D eigenvalue weighted by atomic mass is 10.1. The Morgan fingerprint density at radius 1 is 1.21 bits per heavy atom. The normalized spacial score (nSPS) is 9.86. The SMILES string of the molecule is Cc1cc(C)c2cccc(O)c2n1.[AlH3]. The number of rotatable bonds is 0. The zero-order chi connectivity index (χ0) is 9.42. The van der Waals surface area contributed by atoms with Gasteiger partial charge >= 0.3 is 0 Å². The third kappa shape index (κ3) is 1.75. The fourth-order valence-corrected chi connectivity index (χ4v) is 1.57. The molecule has 1 heterocycles. The number of pyridine rings is 1. The molecule has 0 radical (unpaired) electrons. The van der Waals surface area contributed by atoms with E-state index >= 15 is 0 Å². The first-order valence-corrected chi connectivity index (χ1v) is 4.24. The van der Waals surface area contributed by atoms with Crippen molar-refractivity contribution in [1.82, 2.24) is 4.98 Å². The Hall–Kier alpha value is -1.04. The van der Waals surface area contributed by atoms with E-state index in [0.29, 0.717) is 5.52 Å². The summed E-state index contributed by atoms with van der Waals surface area (Å²) in [5.74, 6) is 0.254. The van der Waals surface area contributed by atoms with Crippen LogP contribution in [0.2, 0.25) is 0 Å². The molecule has 14 heavy (non-hydrogen) atoms. The highest BCUT2D eigenvalue weighted by molar-refractivity contribution is 5.87. The van der Waals surface area contributed by atoms with Gasteiger partial charge in [0.2, 0.25) is 0 Å². The molecule has 72 valence electrons. The molecule has 0 saturated heterocycles. The first-order chi connectivity index (χ1) is 6.18. The van der Waals surface area contributed by atoms with Crippen LogP contribution in [0.25, 0.3) is 10.9 Å². The summed E-state index contributed by atoms with van der Waals surface area (Å²) in [6.45, 7) is 3.95. The highest BCUT2D eigenvalue weighted by atomic mass is 27.0. The zero-order valence-electron chi connectivity index (χ0n) is 7.70. The number of aromatic nitrogens is 1. The van der Waals surface area contributed by atoms with Crippen molar-refractivity contribution < 1.29 is 5.11 Å². The molecule has 0 amide bonds. The molecule has 1 N–H and O–H groups in total.